The minimum atomic E-state index is -0.957. The van der Waals surface area contributed by atoms with E-state index < -0.39 is 11.5 Å². The Balaban J connectivity index is 1.84. The number of nitrogens with zero attached hydrogens (tertiary/aromatic N) is 3. The number of amides is 4. The highest BCUT2D eigenvalue weighted by Gasteiger charge is 2.50. The van der Waals surface area contributed by atoms with Crippen molar-refractivity contribution < 1.29 is 23.9 Å². The van der Waals surface area contributed by atoms with Crippen molar-refractivity contribution in [1.82, 2.24) is 9.80 Å². The molecule has 0 radical (unpaired) electrons. The van der Waals surface area contributed by atoms with Crippen LogP contribution in [0.5, 0.6) is 0 Å². The van der Waals surface area contributed by atoms with Crippen molar-refractivity contribution in [2.24, 2.45) is 11.8 Å². The van der Waals surface area contributed by atoms with Crippen molar-refractivity contribution in [3.8, 4) is 0 Å². The summed E-state index contributed by atoms with van der Waals surface area (Å²) in [5.74, 6) is -0.212. The van der Waals surface area contributed by atoms with Crippen molar-refractivity contribution in [2.75, 3.05) is 32.6 Å². The van der Waals surface area contributed by atoms with Gasteiger partial charge in [-0.3, -0.25) is 14.5 Å². The van der Waals surface area contributed by atoms with Gasteiger partial charge in [0, 0.05) is 26.6 Å². The first-order valence-corrected chi connectivity index (χ1v) is 12.9. The maximum absolute atomic E-state index is 13.6. The zero-order valence-electron chi connectivity index (χ0n) is 19.9. The molecule has 33 heavy (non-hydrogen) atoms. The summed E-state index contributed by atoms with van der Waals surface area (Å²) in [5, 5.41) is 0. The number of thiophene rings is 1. The number of ether oxygens (including phenoxy) is 1. The molecular weight excluding hydrogens is 510 g/mol. The summed E-state index contributed by atoms with van der Waals surface area (Å²) >= 11 is 4.67. The Kier molecular flexibility index (Phi) is 7.88. The molecule has 0 bridgehead atoms. The normalized spacial score (nSPS) is 25.5. The molecule has 2 heterocycles. The van der Waals surface area contributed by atoms with Gasteiger partial charge in [-0.2, -0.15) is 0 Å². The smallest absolute Gasteiger partial charge is 0.350 e. The van der Waals surface area contributed by atoms with Crippen molar-refractivity contribution in [2.45, 2.75) is 57.9 Å². The Morgan fingerprint density at radius 1 is 1.24 bits per heavy atom. The van der Waals surface area contributed by atoms with Crippen LogP contribution in [0.15, 0.2) is 9.85 Å². The van der Waals surface area contributed by atoms with Crippen molar-refractivity contribution in [1.29, 1.82) is 0 Å². The summed E-state index contributed by atoms with van der Waals surface area (Å²) in [4.78, 5) is 55.7. The van der Waals surface area contributed by atoms with Crippen LogP contribution in [-0.4, -0.2) is 66.9 Å². The highest BCUT2D eigenvalue weighted by Crippen LogP contribution is 2.38. The second-order valence-corrected chi connectivity index (χ2v) is 11.7. The van der Waals surface area contributed by atoms with Gasteiger partial charge in [0.05, 0.1) is 16.6 Å². The Hall–Kier alpha value is -1.94. The van der Waals surface area contributed by atoms with Gasteiger partial charge < -0.3 is 14.5 Å². The van der Waals surface area contributed by atoms with Gasteiger partial charge in [0.1, 0.15) is 10.4 Å². The summed E-state index contributed by atoms with van der Waals surface area (Å²) in [6.07, 6.45) is 4.57. The number of urea groups is 1. The summed E-state index contributed by atoms with van der Waals surface area (Å²) in [6.45, 7) is 4.30. The molecule has 1 aromatic rings. The lowest BCUT2D eigenvalue weighted by molar-refractivity contribution is -0.131. The molecule has 1 atom stereocenters. The number of halogens is 1. The molecular formula is C23H32BrN3O5S. The lowest BCUT2D eigenvalue weighted by Crippen LogP contribution is -2.46. The second-order valence-electron chi connectivity index (χ2n) is 9.29. The highest BCUT2D eigenvalue weighted by atomic mass is 79.9. The van der Waals surface area contributed by atoms with E-state index in [2.05, 4.69) is 22.9 Å². The standard InChI is InChI=1S/C23H32BrN3O5S/c1-14-7-9-15(10-8-14)19(28)27(16-13-17(24)33-18(16)20(29)32-5)12-6-11-23(2)21(30)25(3)22(31)26(23)4/h13-15H,6-12H2,1-5H3. The third kappa shape index (κ3) is 4.96. The predicted octanol–water partition coefficient (Wildman–Crippen LogP) is 4.52. The zero-order chi connectivity index (χ0) is 24.5. The van der Waals surface area contributed by atoms with Gasteiger partial charge in [0.25, 0.3) is 5.91 Å². The lowest BCUT2D eigenvalue weighted by Gasteiger charge is -2.33. The van der Waals surface area contributed by atoms with Crippen LogP contribution in [0.2, 0.25) is 0 Å². The lowest BCUT2D eigenvalue weighted by atomic mass is 9.82. The minimum Gasteiger partial charge on any atom is -0.465 e. The van der Waals surface area contributed by atoms with E-state index in [1.165, 1.54) is 30.4 Å². The molecule has 0 aromatic carbocycles. The molecule has 1 saturated heterocycles. The molecule has 4 amide bonds. The predicted molar refractivity (Wildman–Crippen MR) is 130 cm³/mol. The molecule has 3 rings (SSSR count). The number of imide groups is 1. The molecule has 0 spiro atoms. The van der Waals surface area contributed by atoms with E-state index in [-0.39, 0.29) is 23.8 Å². The Labute approximate surface area is 207 Å². The minimum absolute atomic E-state index is 0.00167. The van der Waals surface area contributed by atoms with E-state index >= 15 is 0 Å². The largest absolute Gasteiger partial charge is 0.465 e. The van der Waals surface area contributed by atoms with Crippen LogP contribution in [0.1, 0.15) is 62.0 Å². The number of likely N-dealkylation sites (N-methyl/N-ethyl adjacent to an activating group) is 2. The van der Waals surface area contributed by atoms with Crippen LogP contribution in [0.4, 0.5) is 10.5 Å². The number of anilines is 1. The van der Waals surface area contributed by atoms with E-state index in [9.17, 15) is 19.2 Å². The fourth-order valence-corrected chi connectivity index (χ4v) is 6.26. The van der Waals surface area contributed by atoms with Crippen LogP contribution < -0.4 is 4.90 Å². The third-order valence-electron chi connectivity index (χ3n) is 7.10. The van der Waals surface area contributed by atoms with Gasteiger partial charge in [0.15, 0.2) is 0 Å². The van der Waals surface area contributed by atoms with Crippen LogP contribution in [0.25, 0.3) is 0 Å². The molecule has 8 nitrogen and oxygen atoms in total. The second kappa shape index (κ2) is 10.1. The Morgan fingerprint density at radius 3 is 2.42 bits per heavy atom. The van der Waals surface area contributed by atoms with Gasteiger partial charge in [0.2, 0.25) is 5.91 Å². The fourth-order valence-electron chi connectivity index (χ4n) is 4.75. The number of esters is 1. The zero-order valence-corrected chi connectivity index (χ0v) is 22.3. The van der Waals surface area contributed by atoms with E-state index in [0.717, 1.165) is 34.4 Å². The molecule has 182 valence electrons. The number of rotatable bonds is 7. The van der Waals surface area contributed by atoms with Gasteiger partial charge in [-0.15, -0.1) is 11.3 Å². The SMILES string of the molecule is COC(=O)c1sc(Br)cc1N(CCCC1(C)C(=O)N(C)C(=O)N1C)C(=O)C1CCC(C)CC1. The summed E-state index contributed by atoms with van der Waals surface area (Å²) < 4.78 is 5.69. The van der Waals surface area contributed by atoms with Crippen LogP contribution >= 0.6 is 27.3 Å². The van der Waals surface area contributed by atoms with E-state index in [1.807, 2.05) is 0 Å². The number of hydrogen-bond acceptors (Lipinski definition) is 6. The van der Waals surface area contributed by atoms with Crippen LogP contribution in [-0.2, 0) is 14.3 Å². The number of hydrogen-bond donors (Lipinski definition) is 0. The van der Waals surface area contributed by atoms with Crippen LogP contribution in [0, 0.1) is 11.8 Å². The summed E-state index contributed by atoms with van der Waals surface area (Å²) in [7, 11) is 4.43. The summed E-state index contributed by atoms with van der Waals surface area (Å²) in [5.41, 5.74) is -0.423. The van der Waals surface area contributed by atoms with E-state index in [0.29, 0.717) is 35.9 Å². The van der Waals surface area contributed by atoms with Crippen molar-refractivity contribution in [3.63, 3.8) is 0 Å². The fraction of sp³-hybridized carbons (Fsp3) is 0.652. The first-order valence-electron chi connectivity index (χ1n) is 11.3. The first kappa shape index (κ1) is 25.7. The topological polar surface area (TPSA) is 87.2 Å². The molecule has 0 N–H and O–H groups in total. The molecule has 2 fully saturated rings. The quantitative estimate of drug-likeness (QED) is 0.374. The average Bonchev–Trinajstić information content (AvgIpc) is 3.25. The number of carbonyl (C=O) groups is 4. The number of methoxy groups -OCH3 is 1. The van der Waals surface area contributed by atoms with E-state index in [4.69, 9.17) is 4.74 Å². The van der Waals surface area contributed by atoms with Gasteiger partial charge in [-0.25, -0.2) is 9.59 Å². The number of carbonyl (C=O) groups excluding carboxylic acids is 4. The molecule has 1 unspecified atom stereocenters. The first-order chi connectivity index (χ1) is 15.5. The molecule has 1 saturated carbocycles. The summed E-state index contributed by atoms with van der Waals surface area (Å²) in [6, 6.07) is 1.45. The maximum Gasteiger partial charge on any atom is 0.350 e. The third-order valence-corrected chi connectivity index (χ3v) is 8.71. The monoisotopic (exact) mass is 541 g/mol. The Morgan fingerprint density at radius 2 is 1.88 bits per heavy atom. The molecule has 2 aliphatic rings. The van der Waals surface area contributed by atoms with Gasteiger partial charge in [-0.1, -0.05) is 6.92 Å². The molecule has 10 heteroatoms. The molecule has 1 aliphatic heterocycles. The average molecular weight is 542 g/mol. The van der Waals surface area contributed by atoms with Crippen molar-refractivity contribution in [3.05, 3.63) is 14.7 Å². The molecule has 1 aromatic heterocycles. The Bertz CT molecular complexity index is 943. The highest BCUT2D eigenvalue weighted by molar-refractivity contribution is 9.11. The van der Waals surface area contributed by atoms with Gasteiger partial charge >= 0.3 is 12.0 Å². The van der Waals surface area contributed by atoms with E-state index in [1.54, 1.807) is 24.9 Å². The molecule has 1 aliphatic carbocycles. The van der Waals surface area contributed by atoms with Gasteiger partial charge in [-0.05, 0) is 73.4 Å². The van der Waals surface area contributed by atoms with Crippen LogP contribution in [0.3, 0.4) is 0 Å². The maximum atomic E-state index is 13.6. The van der Waals surface area contributed by atoms with Crippen molar-refractivity contribution >= 4 is 56.8 Å².